The van der Waals surface area contributed by atoms with E-state index in [9.17, 15) is 40.2 Å². The van der Waals surface area contributed by atoms with Crippen LogP contribution in [0.25, 0.3) is 0 Å². The van der Waals surface area contributed by atoms with Gasteiger partial charge in [0.1, 0.15) is 6.10 Å². The fraction of sp³-hybridized carbons (Fsp3) is 0.323. The van der Waals surface area contributed by atoms with Gasteiger partial charge < -0.3 is 63.8 Å². The maximum Gasteiger partial charge on any atom is 0.200 e. The smallest absolute Gasteiger partial charge is 0.200 e. The normalized spacial score (nSPS) is 14.5. The Balaban J connectivity index is 1.69. The number of Topliss-reactive ketones (excluding diaryl/α,β-unsaturated/α-hetero) is 3. The van der Waals surface area contributed by atoms with Gasteiger partial charge in [-0.3, -0.25) is 28.8 Å². The average molecular weight is 1110 g/mol. The topological polar surface area (TPSA) is 288 Å². The van der Waals surface area contributed by atoms with E-state index in [2.05, 4.69) is 0 Å². The van der Waals surface area contributed by atoms with E-state index in [0.29, 0.717) is 19.1 Å². The van der Waals surface area contributed by atoms with Gasteiger partial charge in [0.2, 0.25) is 5.78 Å². The first-order valence-corrected chi connectivity index (χ1v) is 26.0. The van der Waals surface area contributed by atoms with Crippen LogP contribution in [0.3, 0.4) is 0 Å². The highest BCUT2D eigenvalue weighted by Crippen LogP contribution is 2.62. The monoisotopic (exact) mass is 1110 g/mol. The highest BCUT2D eigenvalue weighted by Gasteiger charge is 2.65. The van der Waals surface area contributed by atoms with Crippen LogP contribution in [0, 0.1) is 11.3 Å². The molecular formula is C62H64O19. The molecule has 1 fully saturated rings. The van der Waals surface area contributed by atoms with E-state index in [0.717, 1.165) is 51.7 Å². The summed E-state index contributed by atoms with van der Waals surface area (Å²) >= 11 is 0. The molecule has 0 heterocycles. The number of phenols is 6. The number of carbonyl (C=O) groups is 6. The van der Waals surface area contributed by atoms with Crippen molar-refractivity contribution in [1.82, 2.24) is 0 Å². The summed E-state index contributed by atoms with van der Waals surface area (Å²) in [7, 11) is 7.26. The molecule has 19 heteroatoms. The van der Waals surface area contributed by atoms with Gasteiger partial charge in [-0.2, -0.15) is 0 Å². The number of aromatic hydroxyl groups is 6. The fourth-order valence-electron chi connectivity index (χ4n) is 11.3. The van der Waals surface area contributed by atoms with Gasteiger partial charge in [0, 0.05) is 50.3 Å². The third kappa shape index (κ3) is 10.8. The Morgan fingerprint density at radius 1 is 0.531 bits per heavy atom. The minimum absolute atomic E-state index is 0.00422. The molecule has 1 aliphatic carbocycles. The predicted octanol–water partition coefficient (Wildman–Crippen LogP) is 10.3. The lowest BCUT2D eigenvalue weighted by molar-refractivity contribution is -0.155. The third-order valence-corrected chi connectivity index (χ3v) is 15.2. The zero-order valence-electron chi connectivity index (χ0n) is 46.0. The van der Waals surface area contributed by atoms with Crippen molar-refractivity contribution in [1.29, 1.82) is 0 Å². The maximum absolute atomic E-state index is 17.6. The van der Waals surface area contributed by atoms with Crippen molar-refractivity contribution in [3.63, 3.8) is 0 Å². The predicted molar refractivity (Wildman–Crippen MR) is 294 cm³/mol. The lowest BCUT2D eigenvalue weighted by Crippen LogP contribution is -2.60. The van der Waals surface area contributed by atoms with Gasteiger partial charge in [0.15, 0.2) is 104 Å². The molecule has 6 aromatic rings. The number of ketones is 5. The summed E-state index contributed by atoms with van der Waals surface area (Å²) in [5.74, 6) is -10.7. The van der Waals surface area contributed by atoms with Crippen LogP contribution in [0.15, 0.2) is 91.0 Å². The number of benzene rings is 6. The van der Waals surface area contributed by atoms with Crippen molar-refractivity contribution in [2.75, 3.05) is 42.7 Å². The van der Waals surface area contributed by atoms with E-state index in [1.54, 1.807) is 13.8 Å². The van der Waals surface area contributed by atoms with Crippen LogP contribution in [0.4, 0.5) is 0 Å². The number of methoxy groups -OCH3 is 6. The summed E-state index contributed by atoms with van der Waals surface area (Å²) in [6, 6.07) is 18.0. The van der Waals surface area contributed by atoms with Crippen LogP contribution in [0.5, 0.6) is 69.0 Å². The van der Waals surface area contributed by atoms with Crippen molar-refractivity contribution in [3.8, 4) is 69.0 Å². The van der Waals surface area contributed by atoms with Gasteiger partial charge in [0.25, 0.3) is 0 Å². The molecule has 0 radical (unpaired) electrons. The van der Waals surface area contributed by atoms with Gasteiger partial charge >= 0.3 is 0 Å². The second kappa shape index (κ2) is 24.9. The number of hydrogen-bond acceptors (Lipinski definition) is 19. The van der Waals surface area contributed by atoms with E-state index in [1.807, 2.05) is 0 Å². The quantitative estimate of drug-likeness (QED) is 0.0187. The Morgan fingerprint density at radius 3 is 1.41 bits per heavy atom. The molecule has 0 amide bonds. The number of phenolic OH excluding ortho intramolecular Hbond substituents is 6. The van der Waals surface area contributed by atoms with Crippen LogP contribution in [-0.2, 0) is 10.3 Å². The molecule has 3 unspecified atom stereocenters. The lowest BCUT2D eigenvalue weighted by atomic mass is 9.53. The molecule has 3 atom stereocenters. The zero-order chi connectivity index (χ0) is 59.1. The Hall–Kier alpha value is -9.10. The number of ether oxygens (including phenoxy) is 7. The van der Waals surface area contributed by atoms with E-state index in [1.165, 1.54) is 82.0 Å². The number of aldehydes is 1. The highest BCUT2D eigenvalue weighted by atomic mass is 16.5. The number of rotatable bonds is 24. The molecule has 0 aromatic heterocycles. The van der Waals surface area contributed by atoms with Crippen LogP contribution in [0.1, 0.15) is 144 Å². The zero-order valence-corrected chi connectivity index (χ0v) is 46.0. The first-order chi connectivity index (χ1) is 38.8. The molecule has 6 aromatic carbocycles. The molecule has 0 aliphatic heterocycles. The summed E-state index contributed by atoms with van der Waals surface area (Å²) in [6.07, 6.45) is -0.263. The second-order valence-corrected chi connectivity index (χ2v) is 19.5. The average Bonchev–Trinajstić information content (AvgIpc) is 2.91. The maximum atomic E-state index is 17.6. The first kappa shape index (κ1) is 59.6. The summed E-state index contributed by atoms with van der Waals surface area (Å²) < 4.78 is 41.0. The molecule has 0 spiro atoms. The van der Waals surface area contributed by atoms with Gasteiger partial charge in [-0.25, -0.2) is 0 Å². The standard InChI is InChI=1S/C62H64O19/c1-9-14-46(56(73)38-19-25-43(67)57(78-6)50(38)54(71)35-16-22-41(65)48(30-35)76-4)81-62(52-37(32-63)18-24-45(69)59(52)80-8,61(27-12-10-11-13-28-61)33(2)53(70)34-15-21-40(64)47(29-34)75-3)60(74)39-20-26-44(68)58(79-7)51(39)55(72)36-17-23-42(66)49(31-36)77-5/h15-26,29-33,46,64-69H,9-14,27-28H2,1-8H3. The molecule has 19 nitrogen and oxygen atoms in total. The van der Waals surface area contributed by atoms with Crippen molar-refractivity contribution in [2.24, 2.45) is 11.3 Å². The Bertz CT molecular complexity index is 3410. The SMILES string of the molecule is CCCC(OC(C(=O)c1ccc(O)c(OC)c1C(=O)c1ccc(O)c(OC)c1)(c1c(C=O)ccc(O)c1OC)C1(C(C)C(=O)c2ccc(O)c(OC)c2)CCCCCC1)C(=O)c1ccc(O)c(OC)c1C(=O)c1ccc(O)c(OC)c1. The van der Waals surface area contributed by atoms with E-state index in [4.69, 9.17) is 33.2 Å². The van der Waals surface area contributed by atoms with Crippen LogP contribution < -0.4 is 28.4 Å². The van der Waals surface area contributed by atoms with Crippen molar-refractivity contribution in [3.05, 3.63) is 141 Å². The molecule has 7 rings (SSSR count). The fourth-order valence-corrected chi connectivity index (χ4v) is 11.3. The van der Waals surface area contributed by atoms with Gasteiger partial charge in [-0.15, -0.1) is 0 Å². The van der Waals surface area contributed by atoms with Crippen molar-refractivity contribution >= 4 is 35.2 Å². The lowest BCUT2D eigenvalue weighted by Gasteiger charge is -2.54. The summed E-state index contributed by atoms with van der Waals surface area (Å²) in [6.45, 7) is 3.25. The largest absolute Gasteiger partial charge is 0.504 e. The summed E-state index contributed by atoms with van der Waals surface area (Å²) in [4.78, 5) is 93.8. The Morgan fingerprint density at radius 2 is 0.951 bits per heavy atom. The molecule has 6 N–H and O–H groups in total. The first-order valence-electron chi connectivity index (χ1n) is 26.0. The molecule has 1 saturated carbocycles. The minimum Gasteiger partial charge on any atom is -0.504 e. The molecule has 426 valence electrons. The van der Waals surface area contributed by atoms with Gasteiger partial charge in [-0.1, -0.05) is 46.0 Å². The summed E-state index contributed by atoms with van der Waals surface area (Å²) in [5.41, 5.74) is -8.08. The van der Waals surface area contributed by atoms with E-state index < -0.39 is 114 Å². The molecule has 0 saturated heterocycles. The van der Waals surface area contributed by atoms with Gasteiger partial charge in [-0.05, 0) is 110 Å². The number of carbonyl (C=O) groups excluding carboxylic acids is 6. The third-order valence-electron chi connectivity index (χ3n) is 15.2. The van der Waals surface area contributed by atoms with E-state index in [-0.39, 0.29) is 95.3 Å². The van der Waals surface area contributed by atoms with Crippen molar-refractivity contribution < 1.29 is 92.6 Å². The highest BCUT2D eigenvalue weighted by molar-refractivity contribution is 6.21. The van der Waals surface area contributed by atoms with Gasteiger partial charge in [0.05, 0.1) is 53.8 Å². The van der Waals surface area contributed by atoms with Crippen LogP contribution in [0.2, 0.25) is 0 Å². The van der Waals surface area contributed by atoms with Crippen LogP contribution in [-0.4, -0.2) is 115 Å². The molecule has 0 bridgehead atoms. The summed E-state index contributed by atoms with van der Waals surface area (Å²) in [5, 5.41) is 66.7. The molecule has 81 heavy (non-hydrogen) atoms. The van der Waals surface area contributed by atoms with E-state index >= 15 is 19.2 Å². The second-order valence-electron chi connectivity index (χ2n) is 19.5. The Kier molecular flexibility index (Phi) is 18.3. The Labute approximate surface area is 467 Å². The van der Waals surface area contributed by atoms with Crippen LogP contribution >= 0.6 is 0 Å². The molecular weight excluding hydrogens is 1050 g/mol. The molecule has 1 aliphatic rings. The number of hydrogen-bond donors (Lipinski definition) is 6. The van der Waals surface area contributed by atoms with Crippen molar-refractivity contribution in [2.45, 2.75) is 76.9 Å². The minimum atomic E-state index is -2.97.